The average Bonchev–Trinajstić information content (AvgIpc) is 2.14. The molecule has 1 rings (SSSR count). The highest BCUT2D eigenvalue weighted by Gasteiger charge is 2.15. The number of nitrogens with zero attached hydrogens (tertiary/aromatic N) is 2. The van der Waals surface area contributed by atoms with E-state index >= 15 is 0 Å². The highest BCUT2D eigenvalue weighted by atomic mass is 79.9. The third kappa shape index (κ3) is 4.09. The monoisotopic (exact) mass is 304 g/mol. The number of hydrogen-bond donors (Lipinski definition) is 1. The molecule has 6 heteroatoms. The van der Waals surface area contributed by atoms with Gasteiger partial charge in [-0.15, -0.1) is 11.8 Å². The van der Waals surface area contributed by atoms with Gasteiger partial charge in [-0.25, -0.2) is 14.8 Å². The molecule has 0 fully saturated rings. The largest absolute Gasteiger partial charge is 0.476 e. The quantitative estimate of drug-likeness (QED) is 0.930. The minimum atomic E-state index is -1.05. The molecule has 0 atom stereocenters. The Labute approximate surface area is 107 Å². The zero-order valence-corrected chi connectivity index (χ0v) is 11.7. The van der Waals surface area contributed by atoms with Gasteiger partial charge in [0.2, 0.25) is 0 Å². The van der Waals surface area contributed by atoms with Gasteiger partial charge in [0.15, 0.2) is 5.69 Å². The van der Waals surface area contributed by atoms with Gasteiger partial charge in [-0.3, -0.25) is 0 Å². The second-order valence-electron chi connectivity index (χ2n) is 4.19. The van der Waals surface area contributed by atoms with Crippen molar-refractivity contribution >= 4 is 33.7 Å². The summed E-state index contributed by atoms with van der Waals surface area (Å²) in [6.45, 7) is 6.28. The van der Waals surface area contributed by atoms with Gasteiger partial charge >= 0.3 is 5.97 Å². The molecule has 0 amide bonds. The summed E-state index contributed by atoms with van der Waals surface area (Å²) in [5.74, 6) is 0.105. The Balaban J connectivity index is 2.83. The van der Waals surface area contributed by atoms with E-state index < -0.39 is 5.97 Å². The van der Waals surface area contributed by atoms with Gasteiger partial charge in [0, 0.05) is 10.9 Å². The van der Waals surface area contributed by atoms with Gasteiger partial charge in [0.1, 0.15) is 5.82 Å². The van der Waals surface area contributed by atoms with Crippen LogP contribution in [0.15, 0.2) is 10.7 Å². The standard InChI is InChI=1S/C10H13BrN2O2S/c1-10(2,3)16-5-7-12-4-6(11)8(13-7)9(14)15/h4H,5H2,1-3H3,(H,14,15). The molecule has 88 valence electrons. The molecule has 1 N–H and O–H groups in total. The van der Waals surface area contributed by atoms with Gasteiger partial charge in [-0.1, -0.05) is 20.8 Å². The Bertz CT molecular complexity index is 404. The van der Waals surface area contributed by atoms with E-state index in [9.17, 15) is 4.79 Å². The summed E-state index contributed by atoms with van der Waals surface area (Å²) in [4.78, 5) is 18.9. The normalized spacial score (nSPS) is 11.5. The number of carboxylic acids is 1. The maximum absolute atomic E-state index is 10.8. The smallest absolute Gasteiger partial charge is 0.355 e. The summed E-state index contributed by atoms with van der Waals surface area (Å²) < 4.78 is 0.518. The Kier molecular flexibility index (Phi) is 4.32. The molecule has 0 aliphatic carbocycles. The molecule has 0 aliphatic rings. The van der Waals surface area contributed by atoms with Crippen LogP contribution in [-0.4, -0.2) is 25.8 Å². The summed E-state index contributed by atoms with van der Waals surface area (Å²) in [5.41, 5.74) is 0.0134. The zero-order valence-electron chi connectivity index (χ0n) is 9.32. The molecular formula is C10H13BrN2O2S. The van der Waals surface area contributed by atoms with Crippen molar-refractivity contribution in [1.82, 2.24) is 9.97 Å². The first-order valence-corrected chi connectivity index (χ1v) is 6.46. The number of halogens is 1. The predicted octanol–water partition coefficient (Wildman–Crippen LogP) is 2.97. The van der Waals surface area contributed by atoms with Crippen LogP contribution in [0.2, 0.25) is 0 Å². The van der Waals surface area contributed by atoms with Crippen LogP contribution in [0.3, 0.4) is 0 Å². The van der Waals surface area contributed by atoms with E-state index in [1.807, 2.05) is 0 Å². The third-order valence-electron chi connectivity index (χ3n) is 1.63. The number of carbonyl (C=O) groups is 1. The SMILES string of the molecule is CC(C)(C)SCc1ncc(Br)c(C(=O)O)n1. The van der Waals surface area contributed by atoms with Crippen molar-refractivity contribution in [2.24, 2.45) is 0 Å². The van der Waals surface area contributed by atoms with Crippen molar-refractivity contribution in [1.29, 1.82) is 0 Å². The fourth-order valence-electron chi connectivity index (χ4n) is 0.904. The Hall–Kier alpha value is -0.620. The number of thioether (sulfide) groups is 1. The maximum atomic E-state index is 10.8. The van der Waals surface area contributed by atoms with Gasteiger partial charge in [-0.05, 0) is 15.9 Å². The van der Waals surface area contributed by atoms with Crippen LogP contribution in [-0.2, 0) is 5.75 Å². The number of carboxylic acid groups (broad SMARTS) is 1. The summed E-state index contributed by atoms with van der Waals surface area (Å²) in [6, 6.07) is 0. The van der Waals surface area contributed by atoms with Crippen molar-refractivity contribution in [3.63, 3.8) is 0 Å². The molecule has 0 bridgehead atoms. The van der Waals surface area contributed by atoms with Gasteiger partial charge in [0.25, 0.3) is 0 Å². The fourth-order valence-corrected chi connectivity index (χ4v) is 1.97. The van der Waals surface area contributed by atoms with Crippen molar-refractivity contribution in [2.75, 3.05) is 0 Å². The van der Waals surface area contributed by atoms with Gasteiger partial charge < -0.3 is 5.11 Å². The minimum absolute atomic E-state index is 0.0134. The second kappa shape index (κ2) is 5.14. The van der Waals surface area contributed by atoms with Crippen LogP contribution in [0.5, 0.6) is 0 Å². The molecule has 4 nitrogen and oxygen atoms in total. The number of rotatable bonds is 3. The highest BCUT2D eigenvalue weighted by Crippen LogP contribution is 2.26. The molecule has 0 aliphatic heterocycles. The average molecular weight is 305 g/mol. The second-order valence-corrected chi connectivity index (χ2v) is 6.85. The van der Waals surface area contributed by atoms with E-state index in [0.29, 0.717) is 16.0 Å². The lowest BCUT2D eigenvalue weighted by atomic mass is 10.3. The van der Waals surface area contributed by atoms with Crippen molar-refractivity contribution in [2.45, 2.75) is 31.3 Å². The Morgan fingerprint density at radius 3 is 2.69 bits per heavy atom. The first-order valence-electron chi connectivity index (χ1n) is 4.68. The van der Waals surface area contributed by atoms with E-state index in [0.717, 1.165) is 0 Å². The van der Waals surface area contributed by atoms with E-state index in [4.69, 9.17) is 5.11 Å². The zero-order chi connectivity index (χ0) is 12.3. The molecule has 0 saturated heterocycles. The number of hydrogen-bond acceptors (Lipinski definition) is 4. The van der Waals surface area contributed by atoms with E-state index in [-0.39, 0.29) is 10.4 Å². The lowest BCUT2D eigenvalue weighted by Crippen LogP contribution is -2.10. The molecule has 1 aromatic rings. The van der Waals surface area contributed by atoms with E-state index in [1.54, 1.807) is 11.8 Å². The molecule has 0 spiro atoms. The van der Waals surface area contributed by atoms with Crippen molar-refractivity contribution < 1.29 is 9.90 Å². The van der Waals surface area contributed by atoms with Gasteiger partial charge in [0.05, 0.1) is 10.2 Å². The first-order chi connectivity index (χ1) is 7.29. The summed E-state index contributed by atoms with van der Waals surface area (Å²) in [6.07, 6.45) is 1.48. The van der Waals surface area contributed by atoms with Crippen LogP contribution in [0.1, 0.15) is 37.1 Å². The lowest BCUT2D eigenvalue weighted by molar-refractivity contribution is 0.0689. The van der Waals surface area contributed by atoms with Crippen LogP contribution in [0, 0.1) is 0 Å². The van der Waals surface area contributed by atoms with Crippen LogP contribution < -0.4 is 0 Å². The van der Waals surface area contributed by atoms with E-state index in [1.165, 1.54) is 6.20 Å². The van der Waals surface area contributed by atoms with Crippen molar-refractivity contribution in [3.8, 4) is 0 Å². The molecule has 1 aromatic heterocycles. The predicted molar refractivity (Wildman–Crippen MR) is 67.7 cm³/mol. The van der Waals surface area contributed by atoms with Crippen molar-refractivity contribution in [3.05, 3.63) is 22.2 Å². The Morgan fingerprint density at radius 2 is 2.19 bits per heavy atom. The molecular weight excluding hydrogens is 292 g/mol. The maximum Gasteiger partial charge on any atom is 0.355 e. The molecule has 16 heavy (non-hydrogen) atoms. The summed E-state index contributed by atoms with van der Waals surface area (Å²) in [7, 11) is 0. The Morgan fingerprint density at radius 1 is 1.56 bits per heavy atom. The number of aromatic nitrogens is 2. The van der Waals surface area contributed by atoms with E-state index in [2.05, 4.69) is 46.7 Å². The number of aromatic carboxylic acids is 1. The third-order valence-corrected chi connectivity index (χ3v) is 3.48. The summed E-state index contributed by atoms with van der Waals surface area (Å²) >= 11 is 4.79. The summed E-state index contributed by atoms with van der Waals surface area (Å²) in [5, 5.41) is 8.89. The fraction of sp³-hybridized carbons (Fsp3) is 0.500. The van der Waals surface area contributed by atoms with Crippen LogP contribution >= 0.6 is 27.7 Å². The first kappa shape index (κ1) is 13.4. The van der Waals surface area contributed by atoms with Crippen LogP contribution in [0.25, 0.3) is 0 Å². The minimum Gasteiger partial charge on any atom is -0.476 e. The molecule has 0 radical (unpaired) electrons. The molecule has 0 aromatic carbocycles. The van der Waals surface area contributed by atoms with Crippen LogP contribution in [0.4, 0.5) is 0 Å². The highest BCUT2D eigenvalue weighted by molar-refractivity contribution is 9.10. The molecule has 0 unspecified atom stereocenters. The molecule has 0 saturated carbocycles. The molecule has 1 heterocycles. The van der Waals surface area contributed by atoms with Gasteiger partial charge in [-0.2, -0.15) is 0 Å². The lowest BCUT2D eigenvalue weighted by Gasteiger charge is -2.16. The topological polar surface area (TPSA) is 63.1 Å².